The number of methoxy groups -OCH3 is 1. The zero-order valence-electron chi connectivity index (χ0n) is 12.3. The number of aliphatic hydroxyl groups is 1. The van der Waals surface area contributed by atoms with Gasteiger partial charge in [-0.2, -0.15) is 0 Å². The first-order valence-electron chi connectivity index (χ1n) is 7.47. The molecular weight excluding hydrogens is 248 g/mol. The van der Waals surface area contributed by atoms with Crippen LogP contribution in [0.3, 0.4) is 0 Å². The Labute approximate surface area is 121 Å². The Balaban J connectivity index is 1.94. The maximum absolute atomic E-state index is 8.73. The van der Waals surface area contributed by atoms with Crippen LogP contribution in [0.4, 0.5) is 0 Å². The Kier molecular flexibility index (Phi) is 5.87. The average molecular weight is 272 g/mol. The monoisotopic (exact) mass is 272 g/mol. The molecule has 0 amide bonds. The first-order valence-corrected chi connectivity index (χ1v) is 7.47. The minimum absolute atomic E-state index is 0.282. The fourth-order valence-electron chi connectivity index (χ4n) is 2.65. The van der Waals surface area contributed by atoms with Crippen LogP contribution >= 0.6 is 0 Å². The highest BCUT2D eigenvalue weighted by Crippen LogP contribution is 2.32. The van der Waals surface area contributed by atoms with E-state index >= 15 is 0 Å². The van der Waals surface area contributed by atoms with Crippen LogP contribution in [0.15, 0.2) is 36.4 Å². The third-order valence-electron chi connectivity index (χ3n) is 3.74. The standard InChI is InChI=1S/C18H24O2/c1-20-17-11-12-18-15(9-7-10-16(18)14-17)8-5-3-2-4-6-13-19/h2-3,9,11-12,14,19H,4-8,10,13H2,1H3/b3-2+. The van der Waals surface area contributed by atoms with Crippen molar-refractivity contribution < 1.29 is 9.84 Å². The number of allylic oxidation sites excluding steroid dienone is 4. The molecule has 0 saturated heterocycles. The van der Waals surface area contributed by atoms with Gasteiger partial charge in [0, 0.05) is 6.61 Å². The second kappa shape index (κ2) is 7.91. The van der Waals surface area contributed by atoms with Gasteiger partial charge in [0.1, 0.15) is 5.75 Å². The summed E-state index contributed by atoms with van der Waals surface area (Å²) < 4.78 is 5.30. The lowest BCUT2D eigenvalue weighted by Crippen LogP contribution is -2.00. The number of benzene rings is 1. The lowest BCUT2D eigenvalue weighted by Gasteiger charge is -2.18. The summed E-state index contributed by atoms with van der Waals surface area (Å²) in [5.41, 5.74) is 4.26. The molecule has 1 aliphatic rings. The van der Waals surface area contributed by atoms with E-state index in [1.807, 2.05) is 0 Å². The molecule has 1 aromatic carbocycles. The summed E-state index contributed by atoms with van der Waals surface area (Å²) in [6.45, 7) is 0.282. The average Bonchev–Trinajstić information content (AvgIpc) is 2.50. The summed E-state index contributed by atoms with van der Waals surface area (Å²) in [5, 5.41) is 8.73. The van der Waals surface area contributed by atoms with Crippen molar-refractivity contribution in [1.29, 1.82) is 0 Å². The Morgan fingerprint density at radius 3 is 2.90 bits per heavy atom. The molecule has 2 rings (SSSR count). The molecule has 0 heterocycles. The van der Waals surface area contributed by atoms with Gasteiger partial charge in [0.2, 0.25) is 0 Å². The van der Waals surface area contributed by atoms with Gasteiger partial charge in [-0.05, 0) is 67.4 Å². The second-order valence-electron chi connectivity index (χ2n) is 5.17. The Morgan fingerprint density at radius 1 is 1.25 bits per heavy atom. The lowest BCUT2D eigenvalue weighted by atomic mass is 9.88. The lowest BCUT2D eigenvalue weighted by molar-refractivity contribution is 0.289. The maximum atomic E-state index is 8.73. The van der Waals surface area contributed by atoms with E-state index in [0.717, 1.165) is 44.3 Å². The summed E-state index contributed by atoms with van der Waals surface area (Å²) in [7, 11) is 1.72. The predicted molar refractivity (Wildman–Crippen MR) is 84.0 cm³/mol. The van der Waals surface area contributed by atoms with Crippen molar-refractivity contribution in [3.8, 4) is 5.75 Å². The summed E-state index contributed by atoms with van der Waals surface area (Å²) >= 11 is 0. The van der Waals surface area contributed by atoms with E-state index in [9.17, 15) is 0 Å². The molecule has 0 aromatic heterocycles. The number of unbranched alkanes of at least 4 members (excludes halogenated alkanes) is 1. The summed E-state index contributed by atoms with van der Waals surface area (Å²) in [6.07, 6.45) is 13.0. The van der Waals surface area contributed by atoms with Crippen LogP contribution in [-0.4, -0.2) is 18.8 Å². The van der Waals surface area contributed by atoms with Gasteiger partial charge in [0.15, 0.2) is 0 Å². The molecule has 2 nitrogen and oxygen atoms in total. The Morgan fingerprint density at radius 2 is 2.10 bits per heavy atom. The van der Waals surface area contributed by atoms with E-state index in [0.29, 0.717) is 0 Å². The zero-order chi connectivity index (χ0) is 14.2. The Bertz CT molecular complexity index is 486. The number of ether oxygens (including phenoxy) is 1. The number of fused-ring (bicyclic) bond motifs is 1. The molecule has 0 fully saturated rings. The van der Waals surface area contributed by atoms with Gasteiger partial charge >= 0.3 is 0 Å². The molecule has 0 radical (unpaired) electrons. The zero-order valence-corrected chi connectivity index (χ0v) is 12.3. The van der Waals surface area contributed by atoms with E-state index in [1.165, 1.54) is 16.7 Å². The molecule has 20 heavy (non-hydrogen) atoms. The number of aryl methyl sites for hydroxylation is 1. The van der Waals surface area contributed by atoms with Gasteiger partial charge in [-0.3, -0.25) is 0 Å². The van der Waals surface area contributed by atoms with E-state index in [1.54, 1.807) is 7.11 Å². The van der Waals surface area contributed by atoms with Crippen LogP contribution in [-0.2, 0) is 6.42 Å². The maximum Gasteiger partial charge on any atom is 0.119 e. The highest BCUT2D eigenvalue weighted by molar-refractivity contribution is 5.71. The molecular formula is C18H24O2. The molecule has 0 atom stereocenters. The van der Waals surface area contributed by atoms with Gasteiger partial charge in [-0.1, -0.05) is 24.3 Å². The van der Waals surface area contributed by atoms with Crippen LogP contribution < -0.4 is 4.74 Å². The van der Waals surface area contributed by atoms with Gasteiger partial charge in [0.25, 0.3) is 0 Å². The largest absolute Gasteiger partial charge is 0.497 e. The number of hydrogen-bond acceptors (Lipinski definition) is 2. The third-order valence-corrected chi connectivity index (χ3v) is 3.74. The normalized spacial score (nSPS) is 14.2. The van der Waals surface area contributed by atoms with Gasteiger partial charge in [0.05, 0.1) is 7.11 Å². The molecule has 0 unspecified atom stereocenters. The summed E-state index contributed by atoms with van der Waals surface area (Å²) in [6, 6.07) is 6.41. The second-order valence-corrected chi connectivity index (χ2v) is 5.17. The van der Waals surface area contributed by atoms with Gasteiger partial charge in [-0.15, -0.1) is 0 Å². The molecule has 0 spiro atoms. The minimum atomic E-state index is 0.282. The van der Waals surface area contributed by atoms with Crippen molar-refractivity contribution in [2.75, 3.05) is 13.7 Å². The molecule has 0 aliphatic heterocycles. The topological polar surface area (TPSA) is 29.5 Å². The molecule has 0 bridgehead atoms. The van der Waals surface area contributed by atoms with Crippen molar-refractivity contribution >= 4 is 5.57 Å². The van der Waals surface area contributed by atoms with Crippen LogP contribution in [0.5, 0.6) is 5.75 Å². The van der Waals surface area contributed by atoms with Crippen molar-refractivity contribution in [3.05, 3.63) is 47.6 Å². The van der Waals surface area contributed by atoms with Crippen molar-refractivity contribution in [3.63, 3.8) is 0 Å². The van der Waals surface area contributed by atoms with Crippen LogP contribution in [0.25, 0.3) is 5.57 Å². The van der Waals surface area contributed by atoms with E-state index in [-0.39, 0.29) is 6.61 Å². The van der Waals surface area contributed by atoms with Crippen molar-refractivity contribution in [2.45, 2.75) is 38.5 Å². The van der Waals surface area contributed by atoms with Gasteiger partial charge in [-0.25, -0.2) is 0 Å². The van der Waals surface area contributed by atoms with Crippen molar-refractivity contribution in [1.82, 2.24) is 0 Å². The fourth-order valence-corrected chi connectivity index (χ4v) is 2.65. The highest BCUT2D eigenvalue weighted by atomic mass is 16.5. The van der Waals surface area contributed by atoms with Crippen molar-refractivity contribution in [2.24, 2.45) is 0 Å². The minimum Gasteiger partial charge on any atom is -0.497 e. The molecule has 1 aromatic rings. The van der Waals surface area contributed by atoms with E-state index in [2.05, 4.69) is 36.4 Å². The quantitative estimate of drug-likeness (QED) is 0.597. The van der Waals surface area contributed by atoms with E-state index < -0.39 is 0 Å². The van der Waals surface area contributed by atoms with Crippen LogP contribution in [0.1, 0.15) is 43.2 Å². The Hall–Kier alpha value is -1.54. The predicted octanol–water partition coefficient (Wildman–Crippen LogP) is 4.13. The number of hydrogen-bond donors (Lipinski definition) is 1. The first-order chi connectivity index (χ1) is 9.85. The molecule has 2 heteroatoms. The van der Waals surface area contributed by atoms with Gasteiger partial charge < -0.3 is 9.84 Å². The molecule has 108 valence electrons. The first kappa shape index (κ1) is 14.9. The smallest absolute Gasteiger partial charge is 0.119 e. The third kappa shape index (κ3) is 3.97. The summed E-state index contributed by atoms with van der Waals surface area (Å²) in [4.78, 5) is 0. The molecule has 1 aliphatic carbocycles. The summed E-state index contributed by atoms with van der Waals surface area (Å²) in [5.74, 6) is 0.953. The number of rotatable bonds is 7. The fraction of sp³-hybridized carbons (Fsp3) is 0.444. The SMILES string of the molecule is COc1ccc2c(c1)CCC=C2CC/C=C/CCCO. The van der Waals surface area contributed by atoms with Crippen LogP contribution in [0, 0.1) is 0 Å². The molecule has 0 saturated carbocycles. The van der Waals surface area contributed by atoms with E-state index in [4.69, 9.17) is 9.84 Å². The van der Waals surface area contributed by atoms with Crippen LogP contribution in [0.2, 0.25) is 0 Å². The number of aliphatic hydroxyl groups excluding tert-OH is 1. The molecule has 1 N–H and O–H groups in total. The highest BCUT2D eigenvalue weighted by Gasteiger charge is 2.12.